The van der Waals surface area contributed by atoms with Crippen LogP contribution in [0.3, 0.4) is 0 Å². The summed E-state index contributed by atoms with van der Waals surface area (Å²) in [7, 11) is 3.33. The lowest BCUT2D eigenvalue weighted by atomic mass is 10.0. The summed E-state index contributed by atoms with van der Waals surface area (Å²) in [6.45, 7) is 5.35. The van der Waals surface area contributed by atoms with Gasteiger partial charge in [-0.05, 0) is 81.0 Å². The Morgan fingerprint density at radius 2 is 1.85 bits per heavy atom. The van der Waals surface area contributed by atoms with E-state index in [9.17, 15) is 24.0 Å². The number of methoxy groups -OCH3 is 1. The predicted octanol–water partition coefficient (Wildman–Crippen LogP) is 4.05. The highest BCUT2D eigenvalue weighted by Gasteiger charge is 2.42. The normalized spacial score (nSPS) is 18.7. The van der Waals surface area contributed by atoms with E-state index in [1.54, 1.807) is 55.6 Å². The van der Waals surface area contributed by atoms with Crippen LogP contribution in [-0.2, 0) is 25.7 Å². The molecule has 16 heteroatoms. The molecule has 4 heterocycles. The minimum absolute atomic E-state index is 0.0642. The lowest BCUT2D eigenvalue weighted by Crippen LogP contribution is -2.55. The second-order valence-electron chi connectivity index (χ2n) is 15.7. The van der Waals surface area contributed by atoms with Crippen LogP contribution in [0, 0.1) is 11.8 Å². The number of rotatable bonds is 17. The molecule has 61 heavy (non-hydrogen) atoms. The first-order valence-electron chi connectivity index (χ1n) is 21.4. The fourth-order valence-electron chi connectivity index (χ4n) is 8.51. The number of carbonyl (C=O) groups is 5. The summed E-state index contributed by atoms with van der Waals surface area (Å²) < 4.78 is 11.4. The molecule has 0 radical (unpaired) electrons. The first kappa shape index (κ1) is 43.1. The van der Waals surface area contributed by atoms with Crippen LogP contribution in [-0.4, -0.2) is 110 Å². The molecule has 1 aromatic heterocycles. The van der Waals surface area contributed by atoms with Crippen molar-refractivity contribution in [3.63, 3.8) is 0 Å². The smallest absolute Gasteiger partial charge is 0.255 e. The molecule has 0 spiro atoms. The molecule has 322 valence electrons. The minimum Gasteiger partial charge on any atom is -0.495 e. The van der Waals surface area contributed by atoms with E-state index in [2.05, 4.69) is 43.0 Å². The fourth-order valence-corrected chi connectivity index (χ4v) is 8.51. The largest absolute Gasteiger partial charge is 0.495 e. The number of benzene rings is 2. The molecule has 3 aromatic rings. The van der Waals surface area contributed by atoms with Crippen molar-refractivity contribution in [3.8, 4) is 17.6 Å². The highest BCUT2D eigenvalue weighted by molar-refractivity contribution is 6.06. The SMILES string of the molecule is CC[C@@H]1C(=O)N(C)c2cnc(Nc3ccc(C(=O)NCCCNCCOCCCC#Cc4cccc5c4CN(C4CCC(=O)NC4=O)C5=O)cc3OC)nc2N1C1CCCC1. The molecule has 4 aliphatic rings. The molecule has 16 nitrogen and oxygen atoms in total. The van der Waals surface area contributed by atoms with Gasteiger partial charge in [-0.1, -0.05) is 37.7 Å². The highest BCUT2D eigenvalue weighted by atomic mass is 16.5. The van der Waals surface area contributed by atoms with Crippen molar-refractivity contribution in [1.82, 2.24) is 30.8 Å². The van der Waals surface area contributed by atoms with E-state index in [0.717, 1.165) is 55.5 Å². The highest BCUT2D eigenvalue weighted by Crippen LogP contribution is 2.40. The van der Waals surface area contributed by atoms with Gasteiger partial charge in [-0.2, -0.15) is 4.98 Å². The van der Waals surface area contributed by atoms with Gasteiger partial charge in [0, 0.05) is 68.9 Å². The van der Waals surface area contributed by atoms with E-state index >= 15 is 0 Å². The standard InChI is InChI=1S/C45H55N9O7/c1-4-35-44(59)52(2)37-27-48-45(51-40(37)54(35)31-14-7-8-15-31)49-34-18-17-30(26-38(34)60-3)41(56)47-22-11-21-46-23-25-61-24-9-5-6-12-29-13-10-16-32-33(29)28-53(43(32)58)36-19-20-39(55)50-42(36)57/h10,13,16-18,26-27,31,35-36,46H,4-5,7-9,11,14-15,19-25,28H2,1-3H3,(H,47,56)(H,48,49,51)(H,50,55,57)/t35-,36?/m1/s1. The first-order valence-corrected chi connectivity index (χ1v) is 21.4. The maximum absolute atomic E-state index is 13.2. The summed E-state index contributed by atoms with van der Waals surface area (Å²) in [5, 5.41) is 11.9. The van der Waals surface area contributed by atoms with Crippen molar-refractivity contribution in [2.24, 2.45) is 0 Å². The Labute approximate surface area is 356 Å². The second-order valence-corrected chi connectivity index (χ2v) is 15.7. The number of amides is 5. The summed E-state index contributed by atoms with van der Waals surface area (Å²) in [6, 6.07) is 10.00. The monoisotopic (exact) mass is 833 g/mol. The Morgan fingerprint density at radius 3 is 2.64 bits per heavy atom. The molecule has 1 saturated heterocycles. The van der Waals surface area contributed by atoms with Crippen molar-refractivity contribution in [2.45, 2.75) is 95.8 Å². The molecule has 3 aliphatic heterocycles. The molecular formula is C45H55N9O7. The van der Waals surface area contributed by atoms with Crippen LogP contribution in [0.2, 0.25) is 0 Å². The minimum atomic E-state index is -0.653. The summed E-state index contributed by atoms with van der Waals surface area (Å²) in [6.07, 6.45) is 9.41. The Bertz CT molecular complexity index is 2200. The molecule has 2 atom stereocenters. The van der Waals surface area contributed by atoms with E-state index in [1.807, 2.05) is 13.0 Å². The molecule has 1 aliphatic carbocycles. The molecule has 1 unspecified atom stereocenters. The third kappa shape index (κ3) is 9.79. The third-order valence-electron chi connectivity index (χ3n) is 11.8. The van der Waals surface area contributed by atoms with Gasteiger partial charge in [0.2, 0.25) is 23.7 Å². The van der Waals surface area contributed by atoms with E-state index in [1.165, 1.54) is 4.90 Å². The van der Waals surface area contributed by atoms with E-state index in [-0.39, 0.29) is 42.1 Å². The maximum Gasteiger partial charge on any atom is 0.255 e. The average molecular weight is 834 g/mol. The number of nitrogens with zero attached hydrogens (tertiary/aromatic N) is 5. The van der Waals surface area contributed by atoms with Crippen LogP contribution in [0.1, 0.15) is 103 Å². The fraction of sp³-hybridized carbons (Fsp3) is 0.489. The molecule has 1 saturated carbocycles. The Balaban J connectivity index is 0.791. The number of unbranched alkanes of at least 4 members (excludes halogenated alkanes) is 1. The molecule has 5 amide bonds. The van der Waals surface area contributed by atoms with Gasteiger partial charge < -0.3 is 40.1 Å². The summed E-state index contributed by atoms with van der Waals surface area (Å²) in [4.78, 5) is 78.1. The summed E-state index contributed by atoms with van der Waals surface area (Å²) >= 11 is 0. The van der Waals surface area contributed by atoms with Crippen LogP contribution in [0.4, 0.5) is 23.1 Å². The molecule has 7 rings (SSSR count). The lowest BCUT2D eigenvalue weighted by molar-refractivity contribution is -0.137. The van der Waals surface area contributed by atoms with Gasteiger partial charge in [0.05, 0.1) is 25.6 Å². The Kier molecular flexibility index (Phi) is 14.1. The number of likely N-dealkylation sites (N-methyl/N-ethyl adjacent to an activating group) is 1. The van der Waals surface area contributed by atoms with Crippen molar-refractivity contribution in [2.75, 3.05) is 62.1 Å². The van der Waals surface area contributed by atoms with Crippen LogP contribution >= 0.6 is 0 Å². The van der Waals surface area contributed by atoms with Crippen molar-refractivity contribution in [1.29, 1.82) is 0 Å². The van der Waals surface area contributed by atoms with Gasteiger partial charge in [-0.3, -0.25) is 29.3 Å². The quantitative estimate of drug-likeness (QED) is 0.0870. The zero-order valence-electron chi connectivity index (χ0n) is 35.2. The van der Waals surface area contributed by atoms with Crippen LogP contribution in [0.25, 0.3) is 0 Å². The topological polar surface area (TPSA) is 187 Å². The number of imide groups is 1. The van der Waals surface area contributed by atoms with Gasteiger partial charge in [0.25, 0.3) is 11.8 Å². The van der Waals surface area contributed by atoms with Crippen LogP contribution in [0.5, 0.6) is 5.75 Å². The Hall–Kier alpha value is -6.05. The van der Waals surface area contributed by atoms with Gasteiger partial charge in [0.1, 0.15) is 23.5 Å². The Morgan fingerprint density at radius 1 is 1.02 bits per heavy atom. The third-order valence-corrected chi connectivity index (χ3v) is 11.8. The zero-order chi connectivity index (χ0) is 42.9. The van der Waals surface area contributed by atoms with Gasteiger partial charge >= 0.3 is 0 Å². The molecular weight excluding hydrogens is 779 g/mol. The first-order chi connectivity index (χ1) is 29.7. The summed E-state index contributed by atoms with van der Waals surface area (Å²) in [5.74, 6) is 6.91. The number of aromatic nitrogens is 2. The zero-order valence-corrected chi connectivity index (χ0v) is 35.2. The second kappa shape index (κ2) is 20.0. The number of hydrogen-bond donors (Lipinski definition) is 4. The number of ether oxygens (including phenoxy) is 2. The number of nitrogens with one attached hydrogen (secondary N) is 4. The van der Waals surface area contributed by atoms with E-state index < -0.39 is 11.9 Å². The van der Waals surface area contributed by atoms with E-state index in [4.69, 9.17) is 14.5 Å². The van der Waals surface area contributed by atoms with Crippen LogP contribution < -0.4 is 35.8 Å². The number of carbonyl (C=O) groups excluding carboxylic acids is 5. The predicted molar refractivity (Wildman–Crippen MR) is 230 cm³/mol. The number of piperidine rings is 1. The number of hydrogen-bond acceptors (Lipinski definition) is 12. The van der Waals surface area contributed by atoms with Gasteiger partial charge in [-0.25, -0.2) is 4.98 Å². The van der Waals surface area contributed by atoms with Crippen LogP contribution in [0.15, 0.2) is 42.6 Å². The van der Waals surface area contributed by atoms with Crippen molar-refractivity contribution >= 4 is 52.7 Å². The molecule has 2 fully saturated rings. The van der Waals surface area contributed by atoms with Crippen molar-refractivity contribution in [3.05, 3.63) is 64.8 Å². The number of anilines is 4. The maximum atomic E-state index is 13.2. The number of fused-ring (bicyclic) bond motifs is 2. The lowest BCUT2D eigenvalue weighted by Gasteiger charge is -2.43. The molecule has 2 aromatic carbocycles. The molecule has 0 bridgehead atoms. The van der Waals surface area contributed by atoms with Crippen molar-refractivity contribution < 1.29 is 33.4 Å². The average Bonchev–Trinajstić information content (AvgIpc) is 3.92. The van der Waals surface area contributed by atoms with Gasteiger partial charge in [-0.15, -0.1) is 0 Å². The summed E-state index contributed by atoms with van der Waals surface area (Å²) in [5.41, 5.74) is 3.93. The van der Waals surface area contributed by atoms with Gasteiger partial charge in [0.15, 0.2) is 5.82 Å². The molecule has 4 N–H and O–H groups in total. The van der Waals surface area contributed by atoms with E-state index in [0.29, 0.717) is 92.9 Å².